The molecule has 0 saturated heterocycles. The van der Waals surface area contributed by atoms with Crippen molar-refractivity contribution in [2.24, 2.45) is 5.73 Å². The SMILES string of the molecule is CCCCCCNC(=O)[C@@H](N)CC#N. The maximum Gasteiger partial charge on any atom is 0.237 e. The molecule has 1 atom stereocenters. The predicted octanol–water partition coefficient (Wildman–Crippen LogP) is 0.924. The number of nitrogens with zero attached hydrogens (tertiary/aromatic N) is 1. The standard InChI is InChI=1S/C10H19N3O/c1-2-3-4-5-8-13-10(14)9(12)6-7-11/h9H,2-6,8,12H2,1H3,(H,13,14)/t9-/m0/s1. The zero-order chi connectivity index (χ0) is 10.8. The Kier molecular flexibility index (Phi) is 7.86. The molecule has 0 spiro atoms. The van der Waals surface area contributed by atoms with Gasteiger partial charge < -0.3 is 11.1 Å². The lowest BCUT2D eigenvalue weighted by Gasteiger charge is -2.08. The Hall–Kier alpha value is -1.08. The molecule has 0 aliphatic heterocycles. The molecule has 4 nitrogen and oxygen atoms in total. The number of nitrogens with two attached hydrogens (primary N) is 1. The number of carbonyl (C=O) groups is 1. The van der Waals surface area contributed by atoms with E-state index in [4.69, 9.17) is 11.0 Å². The van der Waals surface area contributed by atoms with Gasteiger partial charge in [-0.1, -0.05) is 26.2 Å². The van der Waals surface area contributed by atoms with Crippen molar-refractivity contribution >= 4 is 5.91 Å². The summed E-state index contributed by atoms with van der Waals surface area (Å²) in [4.78, 5) is 11.2. The van der Waals surface area contributed by atoms with E-state index in [0.29, 0.717) is 6.54 Å². The molecule has 0 unspecified atom stereocenters. The van der Waals surface area contributed by atoms with E-state index in [1.807, 2.05) is 6.07 Å². The topological polar surface area (TPSA) is 78.9 Å². The fraction of sp³-hybridized carbons (Fsp3) is 0.800. The van der Waals surface area contributed by atoms with E-state index in [9.17, 15) is 4.79 Å². The van der Waals surface area contributed by atoms with E-state index in [-0.39, 0.29) is 12.3 Å². The van der Waals surface area contributed by atoms with Gasteiger partial charge in [-0.15, -0.1) is 0 Å². The lowest BCUT2D eigenvalue weighted by atomic mass is 10.2. The maximum absolute atomic E-state index is 11.2. The summed E-state index contributed by atoms with van der Waals surface area (Å²) in [7, 11) is 0. The van der Waals surface area contributed by atoms with E-state index in [2.05, 4.69) is 12.2 Å². The van der Waals surface area contributed by atoms with Gasteiger partial charge in [-0.05, 0) is 6.42 Å². The second-order valence-corrected chi connectivity index (χ2v) is 3.32. The minimum absolute atomic E-state index is 0.0841. The number of rotatable bonds is 7. The Balaban J connectivity index is 3.40. The van der Waals surface area contributed by atoms with Crippen molar-refractivity contribution in [1.82, 2.24) is 5.32 Å². The van der Waals surface area contributed by atoms with Gasteiger partial charge >= 0.3 is 0 Å². The van der Waals surface area contributed by atoms with Crippen LogP contribution in [0.15, 0.2) is 0 Å². The molecule has 0 aromatic carbocycles. The van der Waals surface area contributed by atoms with Crippen LogP contribution in [0.25, 0.3) is 0 Å². The average Bonchev–Trinajstić information content (AvgIpc) is 2.17. The van der Waals surface area contributed by atoms with Crippen molar-refractivity contribution in [3.63, 3.8) is 0 Å². The second-order valence-electron chi connectivity index (χ2n) is 3.32. The molecule has 0 aliphatic rings. The van der Waals surface area contributed by atoms with Gasteiger partial charge in [0, 0.05) is 6.54 Å². The van der Waals surface area contributed by atoms with Gasteiger partial charge in [-0.25, -0.2) is 0 Å². The van der Waals surface area contributed by atoms with Crippen LogP contribution in [0.5, 0.6) is 0 Å². The van der Waals surface area contributed by atoms with E-state index in [1.165, 1.54) is 12.8 Å². The van der Waals surface area contributed by atoms with E-state index in [0.717, 1.165) is 12.8 Å². The molecule has 0 aromatic rings. The number of unbranched alkanes of at least 4 members (excludes halogenated alkanes) is 3. The first-order valence-electron chi connectivity index (χ1n) is 5.12. The first-order chi connectivity index (χ1) is 6.72. The van der Waals surface area contributed by atoms with Crippen LogP contribution in [-0.4, -0.2) is 18.5 Å². The number of nitriles is 1. The van der Waals surface area contributed by atoms with Crippen LogP contribution in [0.1, 0.15) is 39.0 Å². The van der Waals surface area contributed by atoms with Crippen LogP contribution in [0, 0.1) is 11.3 Å². The number of amides is 1. The van der Waals surface area contributed by atoms with Crippen molar-refractivity contribution < 1.29 is 4.79 Å². The minimum Gasteiger partial charge on any atom is -0.355 e. The highest BCUT2D eigenvalue weighted by Gasteiger charge is 2.11. The van der Waals surface area contributed by atoms with Crippen LogP contribution >= 0.6 is 0 Å². The molecule has 0 fully saturated rings. The van der Waals surface area contributed by atoms with Crippen LogP contribution in [-0.2, 0) is 4.79 Å². The van der Waals surface area contributed by atoms with Gasteiger partial charge in [-0.2, -0.15) is 5.26 Å². The first-order valence-corrected chi connectivity index (χ1v) is 5.12. The third-order valence-corrected chi connectivity index (χ3v) is 1.98. The number of hydrogen-bond acceptors (Lipinski definition) is 3. The first kappa shape index (κ1) is 12.9. The molecule has 3 N–H and O–H groups in total. The van der Waals surface area contributed by atoms with Crippen LogP contribution in [0.4, 0.5) is 0 Å². The van der Waals surface area contributed by atoms with Crippen molar-refractivity contribution in [2.45, 2.75) is 45.1 Å². The number of hydrogen-bond donors (Lipinski definition) is 2. The molecule has 0 rings (SSSR count). The van der Waals surface area contributed by atoms with Crippen LogP contribution in [0.3, 0.4) is 0 Å². The highest BCUT2D eigenvalue weighted by Crippen LogP contribution is 1.97. The summed E-state index contributed by atoms with van der Waals surface area (Å²) < 4.78 is 0. The predicted molar refractivity (Wildman–Crippen MR) is 55.4 cm³/mol. The number of carbonyl (C=O) groups excluding carboxylic acids is 1. The van der Waals surface area contributed by atoms with Gasteiger partial charge in [0.15, 0.2) is 0 Å². The molecule has 0 bridgehead atoms. The summed E-state index contributed by atoms with van der Waals surface area (Å²) in [5.41, 5.74) is 5.43. The zero-order valence-corrected chi connectivity index (χ0v) is 8.75. The lowest BCUT2D eigenvalue weighted by Crippen LogP contribution is -2.40. The quantitative estimate of drug-likeness (QED) is 0.596. The van der Waals surface area contributed by atoms with E-state index in [1.54, 1.807) is 0 Å². The smallest absolute Gasteiger partial charge is 0.237 e. The molecule has 0 radical (unpaired) electrons. The Morgan fingerprint density at radius 1 is 1.50 bits per heavy atom. The molecule has 0 aromatic heterocycles. The van der Waals surface area contributed by atoms with Gasteiger partial charge in [0.1, 0.15) is 0 Å². The summed E-state index contributed by atoms with van der Waals surface area (Å²) in [6, 6.07) is 1.20. The van der Waals surface area contributed by atoms with Crippen molar-refractivity contribution in [1.29, 1.82) is 5.26 Å². The summed E-state index contributed by atoms with van der Waals surface area (Å²) in [6.07, 6.45) is 4.58. The Morgan fingerprint density at radius 2 is 2.21 bits per heavy atom. The Morgan fingerprint density at radius 3 is 2.79 bits per heavy atom. The molecule has 0 saturated carbocycles. The molecule has 14 heavy (non-hydrogen) atoms. The number of nitrogens with one attached hydrogen (secondary N) is 1. The summed E-state index contributed by atoms with van der Waals surface area (Å²) in [5.74, 6) is -0.219. The Labute approximate surface area is 85.5 Å². The van der Waals surface area contributed by atoms with Gasteiger partial charge in [0.2, 0.25) is 5.91 Å². The second kappa shape index (κ2) is 8.52. The van der Waals surface area contributed by atoms with E-state index < -0.39 is 6.04 Å². The third kappa shape index (κ3) is 6.44. The van der Waals surface area contributed by atoms with Crippen molar-refractivity contribution in [3.8, 4) is 6.07 Å². The van der Waals surface area contributed by atoms with Crippen LogP contribution < -0.4 is 11.1 Å². The summed E-state index contributed by atoms with van der Waals surface area (Å²) >= 11 is 0. The monoisotopic (exact) mass is 197 g/mol. The lowest BCUT2D eigenvalue weighted by molar-refractivity contribution is -0.122. The third-order valence-electron chi connectivity index (χ3n) is 1.98. The largest absolute Gasteiger partial charge is 0.355 e. The molecule has 80 valence electrons. The molecule has 0 aliphatic carbocycles. The van der Waals surface area contributed by atoms with Crippen molar-refractivity contribution in [3.05, 3.63) is 0 Å². The zero-order valence-electron chi connectivity index (χ0n) is 8.75. The van der Waals surface area contributed by atoms with Gasteiger partial charge in [-0.3, -0.25) is 4.79 Å². The molecular formula is C10H19N3O. The normalized spacial score (nSPS) is 11.8. The summed E-state index contributed by atoms with van der Waals surface area (Å²) in [5, 5.41) is 11.0. The highest BCUT2D eigenvalue weighted by atomic mass is 16.2. The van der Waals surface area contributed by atoms with Gasteiger partial charge in [0.25, 0.3) is 0 Å². The average molecular weight is 197 g/mol. The molecule has 4 heteroatoms. The molecule has 0 heterocycles. The maximum atomic E-state index is 11.2. The highest BCUT2D eigenvalue weighted by molar-refractivity contribution is 5.81. The van der Waals surface area contributed by atoms with E-state index >= 15 is 0 Å². The van der Waals surface area contributed by atoms with Crippen LogP contribution in [0.2, 0.25) is 0 Å². The van der Waals surface area contributed by atoms with Gasteiger partial charge in [0.05, 0.1) is 18.5 Å². The molecular weight excluding hydrogens is 178 g/mol. The fourth-order valence-electron chi connectivity index (χ4n) is 1.09. The minimum atomic E-state index is -0.675. The molecule has 1 amide bonds. The Bertz CT molecular complexity index is 198. The van der Waals surface area contributed by atoms with Crippen molar-refractivity contribution in [2.75, 3.05) is 6.54 Å². The fourth-order valence-corrected chi connectivity index (χ4v) is 1.09. The summed E-state index contributed by atoms with van der Waals surface area (Å²) in [6.45, 7) is 2.80.